The van der Waals surface area contributed by atoms with Crippen LogP contribution in [0.2, 0.25) is 0 Å². The number of carbonyl (C=O) groups is 1. The van der Waals surface area contributed by atoms with Crippen molar-refractivity contribution in [1.29, 1.82) is 0 Å². The van der Waals surface area contributed by atoms with E-state index in [0.29, 0.717) is 5.56 Å². The summed E-state index contributed by atoms with van der Waals surface area (Å²) in [5.74, 6) is -1.06. The van der Waals surface area contributed by atoms with Crippen LogP contribution in [-0.2, 0) is 10.3 Å². The molecule has 0 amide bonds. The SMILES string of the molecule is CNC(C)(C(=O)O)c1ccc(OC(F)F)cc1. The number of rotatable bonds is 5. The van der Waals surface area contributed by atoms with Gasteiger partial charge in [-0.1, -0.05) is 12.1 Å². The molecule has 0 radical (unpaired) electrons. The highest BCUT2D eigenvalue weighted by Crippen LogP contribution is 2.23. The third kappa shape index (κ3) is 2.91. The van der Waals surface area contributed by atoms with Gasteiger partial charge < -0.3 is 15.2 Å². The van der Waals surface area contributed by atoms with E-state index in [1.165, 1.54) is 38.2 Å². The van der Waals surface area contributed by atoms with Crippen molar-refractivity contribution in [3.8, 4) is 5.75 Å². The summed E-state index contributed by atoms with van der Waals surface area (Å²) in [7, 11) is 1.51. The van der Waals surface area contributed by atoms with Crippen LogP contribution in [0, 0.1) is 0 Å². The lowest BCUT2D eigenvalue weighted by Crippen LogP contribution is -2.44. The second-order valence-electron chi connectivity index (χ2n) is 3.58. The molecule has 0 fully saturated rings. The quantitative estimate of drug-likeness (QED) is 0.830. The Labute approximate surface area is 97.2 Å². The van der Waals surface area contributed by atoms with E-state index in [2.05, 4.69) is 10.1 Å². The van der Waals surface area contributed by atoms with Gasteiger partial charge in [0.2, 0.25) is 0 Å². The topological polar surface area (TPSA) is 58.6 Å². The molecule has 1 rings (SSSR count). The van der Waals surface area contributed by atoms with Crippen molar-refractivity contribution >= 4 is 5.97 Å². The fraction of sp³-hybridized carbons (Fsp3) is 0.364. The van der Waals surface area contributed by atoms with Gasteiger partial charge in [-0.05, 0) is 31.7 Å². The molecule has 0 heterocycles. The Bertz CT molecular complexity index is 394. The number of nitrogens with one attached hydrogen (secondary N) is 1. The van der Waals surface area contributed by atoms with Crippen molar-refractivity contribution in [2.24, 2.45) is 0 Å². The van der Waals surface area contributed by atoms with Gasteiger partial charge in [-0.3, -0.25) is 0 Å². The number of likely N-dealkylation sites (N-methyl/N-ethyl adjacent to an activating group) is 1. The van der Waals surface area contributed by atoms with E-state index in [4.69, 9.17) is 5.11 Å². The number of aliphatic carboxylic acids is 1. The molecule has 94 valence electrons. The number of hydrogen-bond donors (Lipinski definition) is 2. The van der Waals surface area contributed by atoms with Gasteiger partial charge >= 0.3 is 12.6 Å². The summed E-state index contributed by atoms with van der Waals surface area (Å²) in [4.78, 5) is 11.1. The molecule has 0 aliphatic carbocycles. The summed E-state index contributed by atoms with van der Waals surface area (Å²) >= 11 is 0. The highest BCUT2D eigenvalue weighted by molar-refractivity contribution is 5.80. The number of carboxylic acid groups (broad SMARTS) is 1. The fourth-order valence-electron chi connectivity index (χ4n) is 1.34. The van der Waals surface area contributed by atoms with Crippen LogP contribution in [-0.4, -0.2) is 24.7 Å². The average molecular weight is 245 g/mol. The Kier molecular flexibility index (Phi) is 4.01. The first-order valence-electron chi connectivity index (χ1n) is 4.88. The first-order valence-corrected chi connectivity index (χ1v) is 4.88. The van der Waals surface area contributed by atoms with Crippen LogP contribution in [0.4, 0.5) is 8.78 Å². The molecule has 1 aromatic carbocycles. The molecule has 0 bridgehead atoms. The second kappa shape index (κ2) is 5.09. The number of alkyl halides is 2. The van der Waals surface area contributed by atoms with Crippen LogP contribution >= 0.6 is 0 Å². The highest BCUT2D eigenvalue weighted by atomic mass is 19.3. The van der Waals surface area contributed by atoms with Gasteiger partial charge in [-0.2, -0.15) is 8.78 Å². The molecule has 0 aliphatic heterocycles. The van der Waals surface area contributed by atoms with Crippen LogP contribution < -0.4 is 10.1 Å². The van der Waals surface area contributed by atoms with Crippen LogP contribution in [0.25, 0.3) is 0 Å². The molecule has 0 spiro atoms. The minimum atomic E-state index is -2.89. The molecule has 4 nitrogen and oxygen atoms in total. The summed E-state index contributed by atoms with van der Waals surface area (Å²) in [6.45, 7) is -1.41. The second-order valence-corrected chi connectivity index (χ2v) is 3.58. The predicted octanol–water partition coefficient (Wildman–Crippen LogP) is 1.81. The summed E-state index contributed by atoms with van der Waals surface area (Å²) < 4.78 is 28.0. The molecule has 0 aromatic heterocycles. The van der Waals surface area contributed by atoms with Crippen LogP contribution in [0.1, 0.15) is 12.5 Å². The molecular formula is C11H13F2NO3. The van der Waals surface area contributed by atoms with E-state index in [9.17, 15) is 13.6 Å². The average Bonchev–Trinajstić information content (AvgIpc) is 2.28. The summed E-state index contributed by atoms with van der Waals surface area (Å²) in [5, 5.41) is 11.8. The lowest BCUT2D eigenvalue weighted by Gasteiger charge is -2.24. The molecule has 1 unspecified atom stereocenters. The number of halogens is 2. The molecule has 6 heteroatoms. The largest absolute Gasteiger partial charge is 0.480 e. The van der Waals surface area contributed by atoms with Gasteiger partial charge in [-0.25, -0.2) is 4.79 Å². The first-order chi connectivity index (χ1) is 7.90. The molecule has 2 N–H and O–H groups in total. The minimum Gasteiger partial charge on any atom is -0.480 e. The van der Waals surface area contributed by atoms with E-state index in [-0.39, 0.29) is 5.75 Å². The summed E-state index contributed by atoms with van der Waals surface area (Å²) in [5.41, 5.74) is -0.808. The third-order valence-corrected chi connectivity index (χ3v) is 2.58. The van der Waals surface area contributed by atoms with Gasteiger partial charge in [0.25, 0.3) is 0 Å². The van der Waals surface area contributed by atoms with Gasteiger partial charge in [0.1, 0.15) is 11.3 Å². The van der Waals surface area contributed by atoms with E-state index in [1.807, 2.05) is 0 Å². The summed E-state index contributed by atoms with van der Waals surface area (Å²) in [6, 6.07) is 5.48. The van der Waals surface area contributed by atoms with E-state index >= 15 is 0 Å². The predicted molar refractivity (Wildman–Crippen MR) is 57.1 cm³/mol. The van der Waals surface area contributed by atoms with Crippen molar-refractivity contribution in [2.45, 2.75) is 19.1 Å². The molecule has 1 atom stereocenters. The maximum atomic E-state index is 11.9. The molecule has 17 heavy (non-hydrogen) atoms. The van der Waals surface area contributed by atoms with E-state index in [1.54, 1.807) is 0 Å². The maximum absolute atomic E-state index is 11.9. The number of carboxylic acids is 1. The Morgan fingerprint density at radius 3 is 2.29 bits per heavy atom. The number of hydrogen-bond acceptors (Lipinski definition) is 3. The number of ether oxygens (including phenoxy) is 1. The molecular weight excluding hydrogens is 232 g/mol. The van der Waals surface area contributed by atoms with Gasteiger partial charge in [0, 0.05) is 0 Å². The van der Waals surface area contributed by atoms with Gasteiger partial charge in [0.15, 0.2) is 0 Å². The van der Waals surface area contributed by atoms with Crippen molar-refractivity contribution in [3.05, 3.63) is 29.8 Å². The Balaban J connectivity index is 2.97. The van der Waals surface area contributed by atoms with Crippen LogP contribution in [0.15, 0.2) is 24.3 Å². The Hall–Kier alpha value is -1.69. The van der Waals surface area contributed by atoms with E-state index in [0.717, 1.165) is 0 Å². The lowest BCUT2D eigenvalue weighted by atomic mass is 9.92. The first kappa shape index (κ1) is 13.4. The smallest absolute Gasteiger partial charge is 0.387 e. The zero-order chi connectivity index (χ0) is 13.1. The van der Waals surface area contributed by atoms with Crippen molar-refractivity contribution in [3.63, 3.8) is 0 Å². The van der Waals surface area contributed by atoms with Gasteiger partial charge in [-0.15, -0.1) is 0 Å². The van der Waals surface area contributed by atoms with Crippen molar-refractivity contribution in [2.75, 3.05) is 7.05 Å². The van der Waals surface area contributed by atoms with Crippen LogP contribution in [0.5, 0.6) is 5.75 Å². The zero-order valence-corrected chi connectivity index (χ0v) is 9.41. The van der Waals surface area contributed by atoms with Crippen molar-refractivity contribution < 1.29 is 23.4 Å². The third-order valence-electron chi connectivity index (χ3n) is 2.58. The molecule has 0 aliphatic rings. The Morgan fingerprint density at radius 2 is 1.94 bits per heavy atom. The molecule has 0 saturated heterocycles. The molecule has 0 saturated carbocycles. The van der Waals surface area contributed by atoms with E-state index < -0.39 is 18.1 Å². The zero-order valence-electron chi connectivity index (χ0n) is 9.41. The minimum absolute atomic E-state index is 0.00686. The standard InChI is InChI=1S/C11H13F2NO3/c1-11(14-2,9(15)16)7-3-5-8(6-4-7)17-10(12)13/h3-6,10,14H,1-2H3,(H,15,16). The highest BCUT2D eigenvalue weighted by Gasteiger charge is 2.33. The Morgan fingerprint density at radius 1 is 1.41 bits per heavy atom. The maximum Gasteiger partial charge on any atom is 0.387 e. The molecule has 1 aromatic rings. The summed E-state index contributed by atoms with van der Waals surface area (Å²) in [6.07, 6.45) is 0. The monoisotopic (exact) mass is 245 g/mol. The fourth-order valence-corrected chi connectivity index (χ4v) is 1.34. The number of benzene rings is 1. The van der Waals surface area contributed by atoms with Gasteiger partial charge in [0.05, 0.1) is 0 Å². The lowest BCUT2D eigenvalue weighted by molar-refractivity contribution is -0.144. The van der Waals surface area contributed by atoms with Crippen molar-refractivity contribution in [1.82, 2.24) is 5.32 Å². The normalized spacial score (nSPS) is 14.4. The van der Waals surface area contributed by atoms with Crippen LogP contribution in [0.3, 0.4) is 0 Å².